The van der Waals surface area contributed by atoms with Gasteiger partial charge in [0.25, 0.3) is 0 Å². The van der Waals surface area contributed by atoms with Crippen LogP contribution in [0.2, 0.25) is 0 Å². The Balaban J connectivity index is 1.85. The smallest absolute Gasteiger partial charge is 0.204 e. The molecule has 152 valence electrons. The van der Waals surface area contributed by atoms with Crippen LogP contribution in [0, 0.1) is 11.7 Å². The van der Waals surface area contributed by atoms with Crippen molar-refractivity contribution in [2.24, 2.45) is 13.0 Å². The number of hydrogen-bond acceptors (Lipinski definition) is 4. The molecule has 0 amide bonds. The fourth-order valence-electron chi connectivity index (χ4n) is 4.03. The number of aliphatic hydroxyl groups is 1. The molecule has 2 atom stereocenters. The van der Waals surface area contributed by atoms with Gasteiger partial charge in [-0.2, -0.15) is 0 Å². The quantitative estimate of drug-likeness (QED) is 0.707. The van der Waals surface area contributed by atoms with Crippen molar-refractivity contribution in [3.63, 3.8) is 0 Å². The SMILES string of the molecule is Cn1c(CO)c(Br)c(=O)c2cc(F)cc(C(CC3CC3)OC3CCCCO3)c21. The van der Waals surface area contributed by atoms with E-state index in [-0.39, 0.29) is 34.3 Å². The van der Waals surface area contributed by atoms with Crippen LogP contribution >= 0.6 is 15.9 Å². The molecule has 5 nitrogen and oxygen atoms in total. The minimum Gasteiger partial charge on any atom is -0.390 e. The molecule has 0 radical (unpaired) electrons. The van der Waals surface area contributed by atoms with Crippen molar-refractivity contribution in [2.45, 2.75) is 57.5 Å². The second-order valence-corrected chi connectivity index (χ2v) is 8.59. The first-order chi connectivity index (χ1) is 13.5. The molecule has 1 saturated heterocycles. The largest absolute Gasteiger partial charge is 0.390 e. The van der Waals surface area contributed by atoms with Crippen LogP contribution in [0.3, 0.4) is 0 Å². The first kappa shape index (κ1) is 20.0. The molecular formula is C21H25BrFNO4. The van der Waals surface area contributed by atoms with E-state index in [9.17, 15) is 14.3 Å². The van der Waals surface area contributed by atoms with Crippen LogP contribution < -0.4 is 5.43 Å². The van der Waals surface area contributed by atoms with Gasteiger partial charge in [-0.25, -0.2) is 4.39 Å². The monoisotopic (exact) mass is 453 g/mol. The second kappa shape index (κ2) is 8.22. The molecular weight excluding hydrogens is 429 g/mol. The van der Waals surface area contributed by atoms with Gasteiger partial charge in [0.1, 0.15) is 5.82 Å². The molecule has 2 fully saturated rings. The predicted octanol–water partition coefficient (Wildman–Crippen LogP) is 4.32. The van der Waals surface area contributed by atoms with Crippen molar-refractivity contribution in [3.05, 3.63) is 43.9 Å². The number of pyridine rings is 1. The Morgan fingerprint density at radius 3 is 2.79 bits per heavy atom. The van der Waals surface area contributed by atoms with Gasteiger partial charge in [-0.05, 0) is 59.7 Å². The minimum atomic E-state index is -0.461. The van der Waals surface area contributed by atoms with E-state index in [0.29, 0.717) is 29.3 Å². The highest BCUT2D eigenvalue weighted by Gasteiger charge is 2.31. The molecule has 0 spiro atoms. The van der Waals surface area contributed by atoms with Crippen molar-refractivity contribution in [2.75, 3.05) is 6.61 Å². The summed E-state index contributed by atoms with van der Waals surface area (Å²) in [5.41, 5.74) is 1.40. The number of rotatable bonds is 6. The summed E-state index contributed by atoms with van der Waals surface area (Å²) in [6.07, 6.45) is 5.30. The minimum absolute atomic E-state index is 0.261. The zero-order valence-corrected chi connectivity index (χ0v) is 17.5. The third kappa shape index (κ3) is 3.90. The standard InChI is InChI=1S/C21H25BrFNO4/c1-24-16(11-25)19(22)21(26)15-10-13(23)9-14(20(15)24)17(8-12-5-6-12)28-18-4-2-3-7-27-18/h9-10,12,17-18,25H,2-8,11H2,1H3. The number of benzene rings is 1. The molecule has 1 aromatic carbocycles. The van der Waals surface area contributed by atoms with Gasteiger partial charge in [0.2, 0.25) is 5.43 Å². The zero-order chi connectivity index (χ0) is 19.8. The van der Waals surface area contributed by atoms with Crippen molar-refractivity contribution in [3.8, 4) is 0 Å². The average molecular weight is 454 g/mol. The van der Waals surface area contributed by atoms with Gasteiger partial charge in [0.15, 0.2) is 6.29 Å². The van der Waals surface area contributed by atoms with E-state index >= 15 is 0 Å². The Morgan fingerprint density at radius 2 is 2.14 bits per heavy atom. The maximum absolute atomic E-state index is 14.5. The van der Waals surface area contributed by atoms with E-state index in [1.165, 1.54) is 12.1 Å². The second-order valence-electron chi connectivity index (χ2n) is 7.80. The summed E-state index contributed by atoms with van der Waals surface area (Å²) in [6.45, 7) is 0.379. The van der Waals surface area contributed by atoms with E-state index in [2.05, 4.69) is 15.9 Å². The van der Waals surface area contributed by atoms with Gasteiger partial charge in [0, 0.05) is 19.2 Å². The molecule has 1 saturated carbocycles. The number of aromatic nitrogens is 1. The van der Waals surface area contributed by atoms with Gasteiger partial charge in [-0.1, -0.05) is 12.8 Å². The Kier molecular flexibility index (Phi) is 5.88. The van der Waals surface area contributed by atoms with Gasteiger partial charge < -0.3 is 19.1 Å². The molecule has 2 heterocycles. The highest BCUT2D eigenvalue weighted by Crippen LogP contribution is 2.42. The van der Waals surface area contributed by atoms with E-state index in [0.717, 1.165) is 38.5 Å². The van der Waals surface area contributed by atoms with Gasteiger partial charge >= 0.3 is 0 Å². The molecule has 0 bridgehead atoms. The highest BCUT2D eigenvalue weighted by atomic mass is 79.9. The van der Waals surface area contributed by atoms with Crippen LogP contribution in [-0.2, 0) is 23.1 Å². The first-order valence-corrected chi connectivity index (χ1v) is 10.7. The highest BCUT2D eigenvalue weighted by molar-refractivity contribution is 9.10. The zero-order valence-electron chi connectivity index (χ0n) is 15.9. The molecule has 1 aliphatic carbocycles. The Hall–Kier alpha value is -1.28. The molecule has 2 unspecified atom stereocenters. The molecule has 4 rings (SSSR count). The van der Waals surface area contributed by atoms with Crippen LogP contribution in [0.1, 0.15) is 55.9 Å². The first-order valence-electron chi connectivity index (χ1n) is 9.88. The number of hydrogen-bond donors (Lipinski definition) is 1. The lowest BCUT2D eigenvalue weighted by Gasteiger charge is -2.29. The van der Waals surface area contributed by atoms with Crippen molar-refractivity contribution >= 4 is 26.8 Å². The molecule has 28 heavy (non-hydrogen) atoms. The van der Waals surface area contributed by atoms with Crippen molar-refractivity contribution < 1.29 is 19.0 Å². The van der Waals surface area contributed by atoms with Gasteiger partial charge in [-0.15, -0.1) is 0 Å². The number of aryl methyl sites for hydroxylation is 1. The number of ether oxygens (including phenoxy) is 2. The van der Waals surface area contributed by atoms with Crippen molar-refractivity contribution in [1.82, 2.24) is 4.57 Å². The van der Waals surface area contributed by atoms with Crippen LogP contribution in [0.15, 0.2) is 21.4 Å². The number of nitrogens with zero attached hydrogens (tertiary/aromatic N) is 1. The summed E-state index contributed by atoms with van der Waals surface area (Å²) >= 11 is 3.26. The lowest BCUT2D eigenvalue weighted by molar-refractivity contribution is -0.191. The molecule has 2 aromatic rings. The number of fused-ring (bicyclic) bond motifs is 1. The maximum Gasteiger partial charge on any atom is 0.204 e. The summed E-state index contributed by atoms with van der Waals surface area (Å²) in [6, 6.07) is 2.73. The van der Waals surface area contributed by atoms with Crippen LogP contribution in [-0.4, -0.2) is 22.6 Å². The van der Waals surface area contributed by atoms with Crippen LogP contribution in [0.25, 0.3) is 10.9 Å². The fourth-order valence-corrected chi connectivity index (χ4v) is 4.64. The normalized spacial score (nSPS) is 21.2. The third-order valence-corrected chi connectivity index (χ3v) is 6.55. The molecule has 7 heteroatoms. The number of aliphatic hydroxyl groups excluding tert-OH is 1. The topological polar surface area (TPSA) is 60.7 Å². The Labute approximate surface area is 171 Å². The third-order valence-electron chi connectivity index (χ3n) is 5.74. The summed E-state index contributed by atoms with van der Waals surface area (Å²) in [7, 11) is 1.78. The average Bonchev–Trinajstić information content (AvgIpc) is 3.50. The van der Waals surface area contributed by atoms with Gasteiger partial charge in [0.05, 0.1) is 33.8 Å². The molecule has 1 N–H and O–H groups in total. The lowest BCUT2D eigenvalue weighted by Crippen LogP contribution is -2.26. The maximum atomic E-state index is 14.5. The van der Waals surface area contributed by atoms with Crippen LogP contribution in [0.5, 0.6) is 0 Å². The summed E-state index contributed by atoms with van der Waals surface area (Å²) in [4.78, 5) is 12.8. The Bertz CT molecular complexity index is 934. The van der Waals surface area contributed by atoms with Gasteiger partial charge in [-0.3, -0.25) is 4.79 Å². The molecule has 2 aliphatic rings. The fraction of sp³-hybridized carbons (Fsp3) is 0.571. The predicted molar refractivity (Wildman–Crippen MR) is 108 cm³/mol. The van der Waals surface area contributed by atoms with Crippen molar-refractivity contribution in [1.29, 1.82) is 0 Å². The van der Waals surface area contributed by atoms with E-state index in [1.807, 2.05) is 0 Å². The number of halogens is 2. The summed E-state index contributed by atoms with van der Waals surface area (Å²) in [5, 5.41) is 10.1. The summed E-state index contributed by atoms with van der Waals surface area (Å²) < 4.78 is 28.6. The van der Waals surface area contributed by atoms with E-state index in [4.69, 9.17) is 9.47 Å². The molecule has 1 aliphatic heterocycles. The molecule has 1 aromatic heterocycles. The summed E-state index contributed by atoms with van der Waals surface area (Å²) in [5.74, 6) is 0.0916. The van der Waals surface area contributed by atoms with E-state index < -0.39 is 5.82 Å². The van der Waals surface area contributed by atoms with Crippen LogP contribution in [0.4, 0.5) is 4.39 Å². The van der Waals surface area contributed by atoms with E-state index in [1.54, 1.807) is 11.6 Å². The Morgan fingerprint density at radius 1 is 1.36 bits per heavy atom. The lowest BCUT2D eigenvalue weighted by atomic mass is 9.99.